The molecule has 1 heterocycles. The maximum Gasteiger partial charge on any atom is 0.331 e. The SMILES string of the molecule is CCCCC(=NOC(C)=O)c1ccc(Sc2ccc(C(=O)c3oc4ccc(C)cc4c3C)cc2)cc1. The summed E-state index contributed by atoms with van der Waals surface area (Å²) in [7, 11) is 0. The van der Waals surface area contributed by atoms with Crippen LogP contribution in [0.5, 0.6) is 0 Å². The van der Waals surface area contributed by atoms with Gasteiger partial charge in [0.1, 0.15) is 5.58 Å². The van der Waals surface area contributed by atoms with Crippen molar-refractivity contribution in [1.82, 2.24) is 0 Å². The Morgan fingerprint density at radius 1 is 0.917 bits per heavy atom. The topological polar surface area (TPSA) is 68.9 Å². The van der Waals surface area contributed by atoms with Crippen molar-refractivity contribution in [3.8, 4) is 0 Å². The fraction of sp³-hybridized carbons (Fsp3) is 0.233. The molecule has 0 saturated carbocycles. The smallest absolute Gasteiger partial charge is 0.331 e. The second-order valence-corrected chi connectivity index (χ2v) is 9.91. The second kappa shape index (κ2) is 11.4. The highest BCUT2D eigenvalue weighted by Crippen LogP contribution is 2.31. The fourth-order valence-corrected chi connectivity index (χ4v) is 4.73. The lowest BCUT2D eigenvalue weighted by Gasteiger charge is -2.07. The maximum absolute atomic E-state index is 13.1. The van der Waals surface area contributed by atoms with Gasteiger partial charge in [0.05, 0.1) is 5.71 Å². The Labute approximate surface area is 215 Å². The molecule has 6 heteroatoms. The number of aryl methyl sites for hydroxylation is 2. The summed E-state index contributed by atoms with van der Waals surface area (Å²) in [6.45, 7) is 7.41. The Morgan fingerprint density at radius 3 is 2.17 bits per heavy atom. The number of carbonyl (C=O) groups is 2. The Hall–Kier alpha value is -3.64. The minimum absolute atomic E-state index is 0.117. The minimum Gasteiger partial charge on any atom is -0.452 e. The molecule has 0 N–H and O–H groups in total. The van der Waals surface area contributed by atoms with Crippen molar-refractivity contribution in [3.05, 3.63) is 94.7 Å². The predicted octanol–water partition coefficient (Wildman–Crippen LogP) is 7.89. The zero-order valence-corrected chi connectivity index (χ0v) is 21.8. The van der Waals surface area contributed by atoms with Crippen LogP contribution in [0, 0.1) is 13.8 Å². The van der Waals surface area contributed by atoms with Gasteiger partial charge in [-0.15, -0.1) is 0 Å². The van der Waals surface area contributed by atoms with Gasteiger partial charge in [-0.05, 0) is 80.8 Å². The lowest BCUT2D eigenvalue weighted by molar-refractivity contribution is -0.140. The Morgan fingerprint density at radius 2 is 1.56 bits per heavy atom. The van der Waals surface area contributed by atoms with E-state index in [4.69, 9.17) is 9.25 Å². The lowest BCUT2D eigenvalue weighted by atomic mass is 10.0. The van der Waals surface area contributed by atoms with Crippen molar-refractivity contribution in [1.29, 1.82) is 0 Å². The number of nitrogens with zero attached hydrogens (tertiary/aromatic N) is 1. The van der Waals surface area contributed by atoms with Crippen LogP contribution < -0.4 is 0 Å². The zero-order valence-electron chi connectivity index (χ0n) is 21.0. The van der Waals surface area contributed by atoms with E-state index in [-0.39, 0.29) is 5.78 Å². The van der Waals surface area contributed by atoms with Gasteiger partial charge < -0.3 is 9.25 Å². The summed E-state index contributed by atoms with van der Waals surface area (Å²) in [6.07, 6.45) is 2.74. The van der Waals surface area contributed by atoms with Gasteiger partial charge in [0.2, 0.25) is 5.78 Å². The van der Waals surface area contributed by atoms with E-state index in [1.165, 1.54) is 6.92 Å². The van der Waals surface area contributed by atoms with Crippen molar-refractivity contribution >= 4 is 40.2 Å². The molecule has 3 aromatic carbocycles. The summed E-state index contributed by atoms with van der Waals surface area (Å²) in [5, 5.41) is 5.02. The normalized spacial score (nSPS) is 11.6. The molecule has 4 rings (SSSR count). The third kappa shape index (κ3) is 5.94. The first-order valence-corrected chi connectivity index (χ1v) is 12.8. The number of carbonyl (C=O) groups excluding carboxylic acids is 2. The molecule has 0 fully saturated rings. The molecule has 184 valence electrons. The minimum atomic E-state index is -0.427. The quantitative estimate of drug-likeness (QED) is 0.101. The van der Waals surface area contributed by atoms with E-state index in [9.17, 15) is 9.59 Å². The van der Waals surface area contributed by atoms with E-state index in [1.54, 1.807) is 11.8 Å². The van der Waals surface area contributed by atoms with Gasteiger partial charge in [-0.25, -0.2) is 4.79 Å². The molecule has 0 atom stereocenters. The molecule has 0 amide bonds. The Kier molecular flexibility index (Phi) is 8.06. The first-order valence-electron chi connectivity index (χ1n) is 12.0. The van der Waals surface area contributed by atoms with Crippen molar-refractivity contribution in [2.45, 2.75) is 56.7 Å². The largest absolute Gasteiger partial charge is 0.452 e. The molecule has 0 aliphatic rings. The molecule has 0 radical (unpaired) electrons. The first kappa shape index (κ1) is 25.5. The van der Waals surface area contributed by atoms with Crippen LogP contribution in [-0.2, 0) is 9.63 Å². The van der Waals surface area contributed by atoms with Crippen LogP contribution in [0.3, 0.4) is 0 Å². The molecule has 0 unspecified atom stereocenters. The van der Waals surface area contributed by atoms with E-state index >= 15 is 0 Å². The standard InChI is InChI=1S/C30H29NO4S/c1-5-6-7-27(31-35-21(4)32)22-9-13-24(14-10-22)36-25-15-11-23(12-16-25)29(33)30-20(3)26-18-19(2)8-17-28(26)34-30/h8-18H,5-7H2,1-4H3. The first-order chi connectivity index (χ1) is 17.4. The van der Waals surface area contributed by atoms with E-state index in [2.05, 4.69) is 12.1 Å². The van der Waals surface area contributed by atoms with E-state index < -0.39 is 5.97 Å². The Bertz CT molecular complexity index is 1420. The third-order valence-corrected chi connectivity index (χ3v) is 6.90. The molecule has 5 nitrogen and oxygen atoms in total. The van der Waals surface area contributed by atoms with Crippen LogP contribution in [0.1, 0.15) is 65.9 Å². The number of furan rings is 1. The highest BCUT2D eigenvalue weighted by atomic mass is 32.2. The van der Waals surface area contributed by atoms with Gasteiger partial charge in [-0.1, -0.05) is 54.0 Å². The number of rotatable bonds is 9. The van der Waals surface area contributed by atoms with Crippen LogP contribution >= 0.6 is 11.8 Å². The molecule has 4 aromatic rings. The fourth-order valence-electron chi connectivity index (χ4n) is 3.91. The van der Waals surface area contributed by atoms with Gasteiger partial charge in [0.15, 0.2) is 5.76 Å². The zero-order chi connectivity index (χ0) is 25.7. The van der Waals surface area contributed by atoms with E-state index in [0.29, 0.717) is 11.3 Å². The highest BCUT2D eigenvalue weighted by molar-refractivity contribution is 7.99. The van der Waals surface area contributed by atoms with Gasteiger partial charge in [-0.2, -0.15) is 0 Å². The van der Waals surface area contributed by atoms with Crippen LogP contribution in [-0.4, -0.2) is 17.5 Å². The number of oxime groups is 1. The van der Waals surface area contributed by atoms with Crippen molar-refractivity contribution < 1.29 is 18.8 Å². The van der Waals surface area contributed by atoms with Crippen molar-refractivity contribution in [3.63, 3.8) is 0 Å². The van der Waals surface area contributed by atoms with E-state index in [0.717, 1.165) is 62.4 Å². The van der Waals surface area contributed by atoms with Crippen LogP contribution in [0.15, 0.2) is 86.1 Å². The molecule has 1 aromatic heterocycles. The van der Waals surface area contributed by atoms with Gasteiger partial charge in [0.25, 0.3) is 0 Å². The summed E-state index contributed by atoms with van der Waals surface area (Å²) >= 11 is 1.61. The number of unbranched alkanes of at least 4 members (excludes halogenated alkanes) is 1. The molecule has 0 spiro atoms. The number of hydrogen-bond acceptors (Lipinski definition) is 6. The Balaban J connectivity index is 1.47. The van der Waals surface area contributed by atoms with Crippen molar-refractivity contribution in [2.75, 3.05) is 0 Å². The number of hydrogen-bond donors (Lipinski definition) is 0. The summed E-state index contributed by atoms with van der Waals surface area (Å²) in [4.78, 5) is 31.3. The molecular formula is C30H29NO4S. The summed E-state index contributed by atoms with van der Waals surface area (Å²) in [5.74, 6) is -0.154. The van der Waals surface area contributed by atoms with Crippen LogP contribution in [0.2, 0.25) is 0 Å². The molecular weight excluding hydrogens is 470 g/mol. The lowest BCUT2D eigenvalue weighted by Crippen LogP contribution is -2.04. The third-order valence-electron chi connectivity index (χ3n) is 5.89. The van der Waals surface area contributed by atoms with Gasteiger partial charge >= 0.3 is 5.97 Å². The molecule has 0 aliphatic heterocycles. The summed E-state index contributed by atoms with van der Waals surface area (Å²) < 4.78 is 5.89. The number of ketones is 1. The van der Waals surface area contributed by atoms with Crippen molar-refractivity contribution in [2.24, 2.45) is 5.16 Å². The maximum atomic E-state index is 13.1. The highest BCUT2D eigenvalue weighted by Gasteiger charge is 2.19. The molecule has 0 bridgehead atoms. The van der Waals surface area contributed by atoms with Crippen LogP contribution in [0.25, 0.3) is 11.0 Å². The molecule has 0 saturated heterocycles. The average molecular weight is 500 g/mol. The number of benzene rings is 3. The number of fused-ring (bicyclic) bond motifs is 1. The average Bonchev–Trinajstić information content (AvgIpc) is 3.20. The van der Waals surface area contributed by atoms with Gasteiger partial charge in [-0.3, -0.25) is 4.79 Å². The van der Waals surface area contributed by atoms with Gasteiger partial charge in [0, 0.05) is 33.2 Å². The molecule has 36 heavy (non-hydrogen) atoms. The molecule has 0 aliphatic carbocycles. The van der Waals surface area contributed by atoms with E-state index in [1.807, 2.05) is 80.6 Å². The summed E-state index contributed by atoms with van der Waals surface area (Å²) in [5.41, 5.74) is 5.03. The monoisotopic (exact) mass is 499 g/mol. The predicted molar refractivity (Wildman–Crippen MR) is 144 cm³/mol. The summed E-state index contributed by atoms with van der Waals surface area (Å²) in [6, 6.07) is 21.5. The van der Waals surface area contributed by atoms with Crippen LogP contribution in [0.4, 0.5) is 0 Å². The second-order valence-electron chi connectivity index (χ2n) is 8.76.